The van der Waals surface area contributed by atoms with Crippen LogP contribution in [0.15, 0.2) is 66.7 Å². The standard InChI is InChI=1S/C24H23N3O3/c1-29-23-14-13-17(26-27-23)8-6-7-15-25-24(28)30-16-22-20-11-4-2-9-18(20)19-10-3-5-12-21(19)22/h2-6,8-14,22H,7,15-16H2,1H3,(H,25,28). The first kappa shape index (κ1) is 19.6. The van der Waals surface area contributed by atoms with Crippen molar-refractivity contribution in [1.29, 1.82) is 0 Å². The van der Waals surface area contributed by atoms with Crippen molar-refractivity contribution in [3.8, 4) is 17.0 Å². The molecule has 2 aromatic carbocycles. The van der Waals surface area contributed by atoms with Crippen molar-refractivity contribution >= 4 is 12.2 Å². The number of carbonyl (C=O) groups excluding carboxylic acids is 1. The number of nitrogens with zero attached hydrogens (tertiary/aromatic N) is 2. The van der Waals surface area contributed by atoms with E-state index in [1.165, 1.54) is 22.3 Å². The van der Waals surface area contributed by atoms with E-state index >= 15 is 0 Å². The molecule has 6 heteroatoms. The lowest BCUT2D eigenvalue weighted by Gasteiger charge is -2.14. The first-order chi connectivity index (χ1) is 14.8. The van der Waals surface area contributed by atoms with Crippen molar-refractivity contribution in [1.82, 2.24) is 15.5 Å². The van der Waals surface area contributed by atoms with Crippen LogP contribution in [0, 0.1) is 0 Å². The predicted molar refractivity (Wildman–Crippen MR) is 115 cm³/mol. The van der Waals surface area contributed by atoms with Crippen LogP contribution in [0.3, 0.4) is 0 Å². The molecule has 0 fully saturated rings. The lowest BCUT2D eigenvalue weighted by molar-refractivity contribution is 0.143. The molecule has 0 saturated carbocycles. The predicted octanol–water partition coefficient (Wildman–Crippen LogP) is 4.43. The van der Waals surface area contributed by atoms with Gasteiger partial charge in [0.25, 0.3) is 0 Å². The van der Waals surface area contributed by atoms with E-state index in [0.717, 1.165) is 5.69 Å². The number of hydrogen-bond donors (Lipinski definition) is 1. The molecule has 30 heavy (non-hydrogen) atoms. The number of fused-ring (bicyclic) bond motifs is 3. The highest BCUT2D eigenvalue weighted by atomic mass is 16.5. The van der Waals surface area contributed by atoms with Crippen LogP contribution in [0.5, 0.6) is 5.88 Å². The number of hydrogen-bond acceptors (Lipinski definition) is 5. The number of ether oxygens (including phenoxy) is 2. The van der Waals surface area contributed by atoms with E-state index in [1.54, 1.807) is 13.2 Å². The smallest absolute Gasteiger partial charge is 0.407 e. The van der Waals surface area contributed by atoms with Crippen molar-refractivity contribution in [2.45, 2.75) is 12.3 Å². The van der Waals surface area contributed by atoms with Gasteiger partial charge >= 0.3 is 6.09 Å². The number of carbonyl (C=O) groups is 1. The van der Waals surface area contributed by atoms with E-state index in [1.807, 2.05) is 42.5 Å². The van der Waals surface area contributed by atoms with Gasteiger partial charge in [-0.15, -0.1) is 10.2 Å². The third kappa shape index (κ3) is 4.33. The average Bonchev–Trinajstić information content (AvgIpc) is 3.12. The average molecular weight is 401 g/mol. The normalized spacial score (nSPS) is 12.4. The minimum absolute atomic E-state index is 0.0664. The van der Waals surface area contributed by atoms with Crippen LogP contribution in [0.2, 0.25) is 0 Å². The lowest BCUT2D eigenvalue weighted by Crippen LogP contribution is -2.26. The molecule has 0 radical (unpaired) electrons. The highest BCUT2D eigenvalue weighted by molar-refractivity contribution is 5.79. The molecule has 0 saturated heterocycles. The summed E-state index contributed by atoms with van der Waals surface area (Å²) >= 11 is 0. The molecule has 1 aliphatic rings. The van der Waals surface area contributed by atoms with E-state index in [2.05, 4.69) is 39.8 Å². The number of amides is 1. The van der Waals surface area contributed by atoms with Gasteiger partial charge in [-0.1, -0.05) is 54.6 Å². The van der Waals surface area contributed by atoms with Crippen molar-refractivity contribution in [3.63, 3.8) is 0 Å². The van der Waals surface area contributed by atoms with Gasteiger partial charge in [-0.2, -0.15) is 0 Å². The van der Waals surface area contributed by atoms with Gasteiger partial charge in [0.1, 0.15) is 6.61 Å². The van der Waals surface area contributed by atoms with Gasteiger partial charge in [-0.3, -0.25) is 0 Å². The first-order valence-corrected chi connectivity index (χ1v) is 9.89. The molecule has 152 valence electrons. The molecular weight excluding hydrogens is 378 g/mol. The van der Waals surface area contributed by atoms with Gasteiger partial charge in [0, 0.05) is 18.5 Å². The van der Waals surface area contributed by atoms with E-state index < -0.39 is 6.09 Å². The Morgan fingerprint density at radius 3 is 2.33 bits per heavy atom. The molecule has 3 aromatic rings. The zero-order chi connectivity index (χ0) is 20.8. The van der Waals surface area contributed by atoms with E-state index in [4.69, 9.17) is 9.47 Å². The molecule has 1 aliphatic carbocycles. The fourth-order valence-corrected chi connectivity index (χ4v) is 3.64. The Morgan fingerprint density at radius 1 is 1.00 bits per heavy atom. The quantitative estimate of drug-likeness (QED) is 0.593. The fraction of sp³-hybridized carbons (Fsp3) is 0.208. The van der Waals surface area contributed by atoms with E-state index in [9.17, 15) is 4.79 Å². The van der Waals surface area contributed by atoms with Crippen molar-refractivity contribution in [2.24, 2.45) is 0 Å². The van der Waals surface area contributed by atoms with Crippen LogP contribution in [-0.4, -0.2) is 36.6 Å². The number of alkyl carbamates (subject to hydrolysis) is 1. The van der Waals surface area contributed by atoms with E-state index in [-0.39, 0.29) is 5.92 Å². The lowest BCUT2D eigenvalue weighted by atomic mass is 9.98. The van der Waals surface area contributed by atoms with Crippen molar-refractivity contribution in [3.05, 3.63) is 83.6 Å². The molecule has 0 aliphatic heterocycles. The third-order valence-corrected chi connectivity index (χ3v) is 5.08. The monoisotopic (exact) mass is 401 g/mol. The minimum atomic E-state index is -0.408. The molecule has 1 aromatic heterocycles. The van der Waals surface area contributed by atoms with Gasteiger partial charge in [0.15, 0.2) is 0 Å². The highest BCUT2D eigenvalue weighted by Gasteiger charge is 2.28. The molecule has 1 N–H and O–H groups in total. The summed E-state index contributed by atoms with van der Waals surface area (Å²) in [6, 6.07) is 20.1. The van der Waals surface area contributed by atoms with Crippen LogP contribution in [0.1, 0.15) is 29.2 Å². The summed E-state index contributed by atoms with van der Waals surface area (Å²) in [5.74, 6) is 0.542. The molecule has 0 atom stereocenters. The maximum Gasteiger partial charge on any atom is 0.407 e. The maximum atomic E-state index is 12.1. The molecule has 1 heterocycles. The molecule has 0 bridgehead atoms. The fourth-order valence-electron chi connectivity index (χ4n) is 3.64. The molecule has 1 amide bonds. The Morgan fingerprint density at radius 2 is 1.70 bits per heavy atom. The highest BCUT2D eigenvalue weighted by Crippen LogP contribution is 2.44. The Balaban J connectivity index is 1.26. The van der Waals surface area contributed by atoms with Crippen LogP contribution in [0.4, 0.5) is 4.79 Å². The molecule has 4 rings (SSSR count). The summed E-state index contributed by atoms with van der Waals surface area (Å²) in [5, 5.41) is 10.7. The molecule has 6 nitrogen and oxygen atoms in total. The summed E-state index contributed by atoms with van der Waals surface area (Å²) < 4.78 is 10.5. The molecular formula is C24H23N3O3. The number of aromatic nitrogens is 2. The van der Waals surface area contributed by atoms with Crippen molar-refractivity contribution in [2.75, 3.05) is 20.3 Å². The zero-order valence-electron chi connectivity index (χ0n) is 16.7. The maximum absolute atomic E-state index is 12.1. The number of benzene rings is 2. The number of nitrogens with one attached hydrogen (secondary N) is 1. The zero-order valence-corrected chi connectivity index (χ0v) is 16.7. The van der Waals surface area contributed by atoms with Crippen LogP contribution >= 0.6 is 0 Å². The number of rotatable bonds is 7. The Bertz CT molecular complexity index is 1000. The summed E-state index contributed by atoms with van der Waals surface area (Å²) in [6.07, 6.45) is 4.04. The van der Waals surface area contributed by atoms with Crippen LogP contribution in [0.25, 0.3) is 17.2 Å². The summed E-state index contributed by atoms with van der Waals surface area (Å²) in [5.41, 5.74) is 5.57. The minimum Gasteiger partial charge on any atom is -0.480 e. The van der Waals surface area contributed by atoms with Gasteiger partial charge in [-0.25, -0.2) is 4.79 Å². The van der Waals surface area contributed by atoms with Gasteiger partial charge in [0.05, 0.1) is 12.8 Å². The Kier molecular flexibility index (Phi) is 6.03. The van der Waals surface area contributed by atoms with Crippen LogP contribution < -0.4 is 10.1 Å². The second-order valence-electron chi connectivity index (χ2n) is 6.94. The van der Waals surface area contributed by atoms with Gasteiger partial charge in [0.2, 0.25) is 5.88 Å². The Labute approximate surface area is 175 Å². The largest absolute Gasteiger partial charge is 0.480 e. The van der Waals surface area contributed by atoms with E-state index in [0.29, 0.717) is 25.5 Å². The first-order valence-electron chi connectivity index (χ1n) is 9.89. The summed E-state index contributed by atoms with van der Waals surface area (Å²) in [4.78, 5) is 12.1. The number of methoxy groups -OCH3 is 1. The summed E-state index contributed by atoms with van der Waals surface area (Å²) in [7, 11) is 1.55. The van der Waals surface area contributed by atoms with Crippen LogP contribution in [-0.2, 0) is 4.74 Å². The van der Waals surface area contributed by atoms with Gasteiger partial charge in [-0.05, 0) is 40.8 Å². The van der Waals surface area contributed by atoms with Gasteiger partial charge < -0.3 is 14.8 Å². The second kappa shape index (κ2) is 9.22. The topological polar surface area (TPSA) is 73.3 Å². The summed E-state index contributed by atoms with van der Waals surface area (Å²) in [6.45, 7) is 0.799. The SMILES string of the molecule is COc1ccc(C=CCCNC(=O)OCC2c3ccccc3-c3ccccc32)nn1. The third-order valence-electron chi connectivity index (χ3n) is 5.08. The van der Waals surface area contributed by atoms with Crippen molar-refractivity contribution < 1.29 is 14.3 Å². The molecule has 0 spiro atoms. The Hall–Kier alpha value is -3.67. The molecule has 0 unspecified atom stereocenters. The second-order valence-corrected chi connectivity index (χ2v) is 6.94.